The Morgan fingerprint density at radius 1 is 1.30 bits per heavy atom. The molecule has 2 amide bonds. The van der Waals surface area contributed by atoms with Gasteiger partial charge in [-0.3, -0.25) is 4.79 Å². The van der Waals surface area contributed by atoms with Crippen molar-refractivity contribution in [3.05, 3.63) is 0 Å². The molecular weight excluding hydrogens is 256 g/mol. The second-order valence-corrected chi connectivity index (χ2v) is 6.56. The van der Waals surface area contributed by atoms with Crippen LogP contribution in [0, 0.1) is 17.8 Å². The molecule has 1 fully saturated rings. The van der Waals surface area contributed by atoms with Crippen LogP contribution < -0.4 is 10.6 Å². The zero-order valence-corrected chi connectivity index (χ0v) is 12.8. The third-order valence-corrected chi connectivity index (χ3v) is 3.85. The zero-order valence-electron chi connectivity index (χ0n) is 12.8. The van der Waals surface area contributed by atoms with E-state index < -0.39 is 5.97 Å². The summed E-state index contributed by atoms with van der Waals surface area (Å²) in [7, 11) is 0. The number of carboxylic acid groups (broad SMARTS) is 1. The van der Waals surface area contributed by atoms with Gasteiger partial charge in [0, 0.05) is 19.0 Å². The molecule has 2 unspecified atom stereocenters. The summed E-state index contributed by atoms with van der Waals surface area (Å²) < 4.78 is 0. The van der Waals surface area contributed by atoms with Crippen molar-refractivity contribution in [2.75, 3.05) is 6.54 Å². The number of carbonyl (C=O) groups excluding carboxylic acids is 1. The van der Waals surface area contributed by atoms with Gasteiger partial charge in [-0.25, -0.2) is 4.79 Å². The minimum Gasteiger partial charge on any atom is -0.481 e. The van der Waals surface area contributed by atoms with Gasteiger partial charge in [0.05, 0.1) is 0 Å². The van der Waals surface area contributed by atoms with E-state index in [1.807, 2.05) is 0 Å². The van der Waals surface area contributed by atoms with Crippen molar-refractivity contribution in [3.8, 4) is 0 Å². The fourth-order valence-corrected chi connectivity index (χ4v) is 2.96. The van der Waals surface area contributed by atoms with Crippen LogP contribution in [0.5, 0.6) is 0 Å². The Hall–Kier alpha value is -1.26. The van der Waals surface area contributed by atoms with E-state index in [1.165, 1.54) is 6.42 Å². The maximum Gasteiger partial charge on any atom is 0.315 e. The summed E-state index contributed by atoms with van der Waals surface area (Å²) in [6, 6.07) is 0.108. The van der Waals surface area contributed by atoms with Crippen LogP contribution in [0.1, 0.15) is 52.9 Å². The molecule has 20 heavy (non-hydrogen) atoms. The van der Waals surface area contributed by atoms with E-state index in [2.05, 4.69) is 31.4 Å². The highest BCUT2D eigenvalue weighted by Gasteiger charge is 2.23. The Balaban J connectivity index is 2.30. The molecule has 3 atom stereocenters. The van der Waals surface area contributed by atoms with Crippen molar-refractivity contribution in [2.24, 2.45) is 17.8 Å². The Morgan fingerprint density at radius 3 is 2.50 bits per heavy atom. The molecule has 0 spiro atoms. The third-order valence-electron chi connectivity index (χ3n) is 3.85. The molecule has 0 aromatic rings. The Kier molecular flexibility index (Phi) is 6.82. The minimum atomic E-state index is -0.803. The number of urea groups is 1. The molecule has 5 nitrogen and oxygen atoms in total. The predicted molar refractivity (Wildman–Crippen MR) is 78.5 cm³/mol. The van der Waals surface area contributed by atoms with Crippen molar-refractivity contribution in [1.82, 2.24) is 10.6 Å². The molecule has 0 aromatic heterocycles. The highest BCUT2D eigenvalue weighted by molar-refractivity contribution is 5.74. The van der Waals surface area contributed by atoms with Crippen LogP contribution in [0.2, 0.25) is 0 Å². The molecule has 116 valence electrons. The van der Waals surface area contributed by atoms with Crippen LogP contribution in [0.3, 0.4) is 0 Å². The van der Waals surface area contributed by atoms with Crippen molar-refractivity contribution < 1.29 is 14.7 Å². The number of aliphatic carboxylic acids is 1. The summed E-state index contributed by atoms with van der Waals surface area (Å²) in [4.78, 5) is 22.6. The molecule has 1 saturated carbocycles. The summed E-state index contributed by atoms with van der Waals surface area (Å²) in [5.74, 6) is 0.309. The van der Waals surface area contributed by atoms with Crippen LogP contribution in [0.15, 0.2) is 0 Å². The van der Waals surface area contributed by atoms with Gasteiger partial charge >= 0.3 is 12.0 Å². The van der Waals surface area contributed by atoms with E-state index in [-0.39, 0.29) is 24.4 Å². The molecule has 0 aromatic carbocycles. The third kappa shape index (κ3) is 6.78. The molecule has 1 rings (SSSR count). The van der Waals surface area contributed by atoms with Crippen molar-refractivity contribution in [1.29, 1.82) is 0 Å². The molecule has 0 heterocycles. The quantitative estimate of drug-likeness (QED) is 0.672. The first-order chi connectivity index (χ1) is 9.36. The molecule has 0 aliphatic heterocycles. The highest BCUT2D eigenvalue weighted by Crippen LogP contribution is 2.24. The number of amides is 2. The van der Waals surface area contributed by atoms with Crippen LogP contribution in [-0.4, -0.2) is 29.7 Å². The monoisotopic (exact) mass is 284 g/mol. The number of nitrogens with one attached hydrogen (secondary N) is 2. The topological polar surface area (TPSA) is 78.4 Å². The molecule has 0 radical (unpaired) electrons. The summed E-state index contributed by atoms with van der Waals surface area (Å²) in [5.41, 5.74) is 0. The Morgan fingerprint density at radius 2 is 2.00 bits per heavy atom. The number of carboxylic acids is 1. The standard InChI is InChI=1S/C15H28N2O3/c1-10(2)6-12(8-14(18)19)9-16-15(20)17-13-5-4-11(3)7-13/h10-13H,4-9H2,1-3H3,(H,18,19)(H2,16,17,20)/t11?,12-,13?/m0/s1. The van der Waals surface area contributed by atoms with Crippen LogP contribution in [0.25, 0.3) is 0 Å². The lowest BCUT2D eigenvalue weighted by atomic mass is 9.94. The second kappa shape index (κ2) is 8.12. The maximum atomic E-state index is 11.8. The first kappa shape index (κ1) is 16.8. The van der Waals surface area contributed by atoms with E-state index in [4.69, 9.17) is 5.11 Å². The van der Waals surface area contributed by atoms with Crippen LogP contribution in [0.4, 0.5) is 4.79 Å². The van der Waals surface area contributed by atoms with Gasteiger partial charge in [-0.05, 0) is 43.4 Å². The largest absolute Gasteiger partial charge is 0.481 e. The summed E-state index contributed by atoms with van der Waals surface area (Å²) in [5, 5.41) is 14.7. The zero-order chi connectivity index (χ0) is 15.1. The van der Waals surface area contributed by atoms with Gasteiger partial charge in [0.2, 0.25) is 0 Å². The summed E-state index contributed by atoms with van der Waals surface area (Å²) >= 11 is 0. The minimum absolute atomic E-state index is 0.000696. The Bertz CT molecular complexity index is 331. The smallest absolute Gasteiger partial charge is 0.315 e. The first-order valence-electron chi connectivity index (χ1n) is 7.63. The average Bonchev–Trinajstić information content (AvgIpc) is 2.70. The predicted octanol–water partition coefficient (Wildman–Crippen LogP) is 2.61. The molecular formula is C15H28N2O3. The van der Waals surface area contributed by atoms with E-state index >= 15 is 0 Å². The highest BCUT2D eigenvalue weighted by atomic mass is 16.4. The maximum absolute atomic E-state index is 11.8. The second-order valence-electron chi connectivity index (χ2n) is 6.56. The molecule has 0 bridgehead atoms. The lowest BCUT2D eigenvalue weighted by molar-refractivity contribution is -0.138. The fourth-order valence-electron chi connectivity index (χ4n) is 2.96. The van der Waals surface area contributed by atoms with E-state index in [0.29, 0.717) is 18.4 Å². The number of carbonyl (C=O) groups is 2. The normalized spacial score (nSPS) is 23.6. The number of rotatable bonds is 7. The van der Waals surface area contributed by atoms with Crippen molar-refractivity contribution >= 4 is 12.0 Å². The van der Waals surface area contributed by atoms with Crippen LogP contribution in [-0.2, 0) is 4.79 Å². The van der Waals surface area contributed by atoms with E-state index in [1.54, 1.807) is 0 Å². The summed E-state index contributed by atoms with van der Waals surface area (Å²) in [6.07, 6.45) is 4.17. The molecule has 1 aliphatic carbocycles. The van der Waals surface area contributed by atoms with Gasteiger partial charge in [0.15, 0.2) is 0 Å². The average molecular weight is 284 g/mol. The number of hydrogen-bond donors (Lipinski definition) is 3. The molecule has 5 heteroatoms. The van der Waals surface area contributed by atoms with Crippen molar-refractivity contribution in [3.63, 3.8) is 0 Å². The first-order valence-corrected chi connectivity index (χ1v) is 7.63. The molecule has 0 saturated heterocycles. The van der Waals surface area contributed by atoms with Gasteiger partial charge in [0.25, 0.3) is 0 Å². The lowest BCUT2D eigenvalue weighted by Crippen LogP contribution is -2.43. The van der Waals surface area contributed by atoms with E-state index in [0.717, 1.165) is 19.3 Å². The van der Waals surface area contributed by atoms with Gasteiger partial charge < -0.3 is 15.7 Å². The summed E-state index contributed by atoms with van der Waals surface area (Å²) in [6.45, 7) is 6.76. The van der Waals surface area contributed by atoms with Crippen molar-refractivity contribution in [2.45, 2.75) is 58.9 Å². The lowest BCUT2D eigenvalue weighted by Gasteiger charge is -2.19. The van der Waals surface area contributed by atoms with Crippen LogP contribution >= 0.6 is 0 Å². The van der Waals surface area contributed by atoms with Gasteiger partial charge in [-0.1, -0.05) is 20.8 Å². The SMILES string of the molecule is CC(C)C[C@H](CNC(=O)NC1CCC(C)C1)CC(=O)O. The molecule has 3 N–H and O–H groups in total. The Labute approximate surface area is 121 Å². The van der Waals surface area contributed by atoms with Gasteiger partial charge in [0.1, 0.15) is 0 Å². The number of hydrogen-bond acceptors (Lipinski definition) is 2. The van der Waals surface area contributed by atoms with Gasteiger partial charge in [-0.15, -0.1) is 0 Å². The van der Waals surface area contributed by atoms with Gasteiger partial charge in [-0.2, -0.15) is 0 Å². The van der Waals surface area contributed by atoms with E-state index in [9.17, 15) is 9.59 Å². The molecule has 1 aliphatic rings. The fraction of sp³-hybridized carbons (Fsp3) is 0.867.